The lowest BCUT2D eigenvalue weighted by atomic mass is 10.0. The predicted molar refractivity (Wildman–Crippen MR) is 172 cm³/mol. The third kappa shape index (κ3) is 5.56. The van der Waals surface area contributed by atoms with Crippen molar-refractivity contribution in [2.45, 2.75) is 18.9 Å². The second-order valence-electron chi connectivity index (χ2n) is 11.0. The molecule has 47 heavy (non-hydrogen) atoms. The average molecular weight is 652 g/mol. The van der Waals surface area contributed by atoms with Crippen molar-refractivity contribution in [2.75, 3.05) is 16.7 Å². The molecule has 0 spiro atoms. The van der Waals surface area contributed by atoms with Crippen LogP contribution in [0.5, 0.6) is 0 Å². The number of anilines is 2. The molecule has 1 aliphatic carbocycles. The van der Waals surface area contributed by atoms with Crippen molar-refractivity contribution in [3.05, 3.63) is 107 Å². The fourth-order valence-electron chi connectivity index (χ4n) is 5.79. The number of nitrogens with zero attached hydrogens (tertiary/aromatic N) is 6. The van der Waals surface area contributed by atoms with E-state index < -0.39 is 27.8 Å². The van der Waals surface area contributed by atoms with Crippen LogP contribution in [0, 0.1) is 5.82 Å². The van der Waals surface area contributed by atoms with Crippen LogP contribution >= 0.6 is 0 Å². The molecule has 0 saturated carbocycles. The Morgan fingerprint density at radius 2 is 1.94 bits per heavy atom. The van der Waals surface area contributed by atoms with Gasteiger partial charge in [0.15, 0.2) is 23.6 Å². The number of nitrogens with two attached hydrogens (primary N) is 1. The highest BCUT2D eigenvalue weighted by Gasteiger charge is 2.28. The predicted octanol–water partition coefficient (Wildman–Crippen LogP) is 3.99. The first-order valence-corrected chi connectivity index (χ1v) is 16.3. The van der Waals surface area contributed by atoms with Crippen molar-refractivity contribution >= 4 is 44.9 Å². The average Bonchev–Trinajstić information content (AvgIpc) is 3.79. The van der Waals surface area contributed by atoms with E-state index in [0.29, 0.717) is 53.3 Å². The summed E-state index contributed by atoms with van der Waals surface area (Å²) in [6.45, 7) is 0. The summed E-state index contributed by atoms with van der Waals surface area (Å²) in [7, 11) is -3.78. The molecular formula is C32H26FN9O4S. The SMILES string of the molecule is CS(=O)(=O)Nc1cc(F)c(C(=O)N[C@H]2CCc3cc(-n4c(-c5cccnc5N)nc5ccc(-n6cccn6)nc54)ccc32)cc1C=O. The van der Waals surface area contributed by atoms with Gasteiger partial charge in [0.1, 0.15) is 17.2 Å². The van der Waals surface area contributed by atoms with E-state index in [9.17, 15) is 22.4 Å². The Morgan fingerprint density at radius 3 is 2.68 bits per heavy atom. The van der Waals surface area contributed by atoms with Crippen LogP contribution in [-0.2, 0) is 16.4 Å². The first-order chi connectivity index (χ1) is 22.6. The van der Waals surface area contributed by atoms with E-state index in [1.807, 2.05) is 47.0 Å². The number of pyridine rings is 2. The number of hydrogen-bond acceptors (Lipinski definition) is 9. The molecule has 1 amide bonds. The van der Waals surface area contributed by atoms with Crippen molar-refractivity contribution in [3.8, 4) is 22.9 Å². The number of benzene rings is 2. The maximum Gasteiger partial charge on any atom is 0.254 e. The maximum atomic E-state index is 15.0. The summed E-state index contributed by atoms with van der Waals surface area (Å²) in [4.78, 5) is 38.8. The van der Waals surface area contributed by atoms with Gasteiger partial charge in [-0.05, 0) is 78.6 Å². The number of rotatable bonds is 8. The lowest BCUT2D eigenvalue weighted by molar-refractivity contribution is 0.0932. The van der Waals surface area contributed by atoms with Crippen LogP contribution < -0.4 is 15.8 Å². The zero-order valence-electron chi connectivity index (χ0n) is 24.8. The number of aryl methyl sites for hydroxylation is 1. The molecule has 1 aliphatic rings. The number of halogens is 1. The van der Waals surface area contributed by atoms with E-state index in [1.165, 1.54) is 0 Å². The number of nitrogens with one attached hydrogen (secondary N) is 2. The quantitative estimate of drug-likeness (QED) is 0.205. The lowest BCUT2D eigenvalue weighted by Gasteiger charge is -2.17. The fraction of sp³-hybridized carbons (Fsp3) is 0.125. The number of nitrogen functional groups attached to an aromatic ring is 1. The third-order valence-corrected chi connectivity index (χ3v) is 8.47. The molecule has 4 heterocycles. The summed E-state index contributed by atoms with van der Waals surface area (Å²) < 4.78 is 43.9. The number of sulfonamides is 1. The molecule has 0 saturated heterocycles. The summed E-state index contributed by atoms with van der Waals surface area (Å²) >= 11 is 0. The van der Waals surface area contributed by atoms with Gasteiger partial charge in [-0.2, -0.15) is 5.10 Å². The van der Waals surface area contributed by atoms with Crippen LogP contribution in [0.15, 0.2) is 79.3 Å². The van der Waals surface area contributed by atoms with Gasteiger partial charge in [-0.25, -0.2) is 32.4 Å². The van der Waals surface area contributed by atoms with Gasteiger partial charge >= 0.3 is 0 Å². The van der Waals surface area contributed by atoms with E-state index >= 15 is 0 Å². The molecular weight excluding hydrogens is 625 g/mol. The van der Waals surface area contributed by atoms with Gasteiger partial charge in [-0.15, -0.1) is 0 Å². The number of imidazole rings is 1. The van der Waals surface area contributed by atoms with Gasteiger partial charge in [0.05, 0.1) is 29.1 Å². The highest BCUT2D eigenvalue weighted by Crippen LogP contribution is 2.36. The Kier molecular flexibility index (Phi) is 7.24. The van der Waals surface area contributed by atoms with Gasteiger partial charge in [0, 0.05) is 29.8 Å². The van der Waals surface area contributed by atoms with Crippen LogP contribution in [0.4, 0.5) is 15.9 Å². The Morgan fingerprint density at radius 1 is 1.09 bits per heavy atom. The Bertz CT molecular complexity index is 2320. The van der Waals surface area contributed by atoms with Crippen LogP contribution in [0.1, 0.15) is 44.3 Å². The summed E-state index contributed by atoms with van der Waals surface area (Å²) in [6.07, 6.45) is 7.48. The second-order valence-corrected chi connectivity index (χ2v) is 12.8. The number of hydrogen-bond donors (Lipinski definition) is 3. The summed E-state index contributed by atoms with van der Waals surface area (Å²) in [5.41, 5.74) is 9.91. The fourth-order valence-corrected chi connectivity index (χ4v) is 6.37. The molecule has 236 valence electrons. The van der Waals surface area contributed by atoms with Crippen molar-refractivity contribution in [3.63, 3.8) is 0 Å². The highest BCUT2D eigenvalue weighted by molar-refractivity contribution is 7.92. The minimum atomic E-state index is -3.78. The van der Waals surface area contributed by atoms with Crippen LogP contribution in [-0.4, -0.2) is 56.2 Å². The molecule has 0 bridgehead atoms. The zero-order chi connectivity index (χ0) is 32.9. The van der Waals surface area contributed by atoms with E-state index in [-0.39, 0.29) is 16.8 Å². The smallest absolute Gasteiger partial charge is 0.254 e. The molecule has 0 radical (unpaired) electrons. The number of fused-ring (bicyclic) bond motifs is 2. The maximum absolute atomic E-state index is 15.0. The lowest BCUT2D eigenvalue weighted by Crippen LogP contribution is -2.28. The largest absolute Gasteiger partial charge is 0.383 e. The first kappa shape index (κ1) is 29.7. The molecule has 4 aromatic heterocycles. The molecule has 0 unspecified atom stereocenters. The van der Waals surface area contributed by atoms with Crippen LogP contribution in [0.3, 0.4) is 0 Å². The minimum absolute atomic E-state index is 0.166. The van der Waals surface area contributed by atoms with Crippen molar-refractivity contribution in [1.29, 1.82) is 0 Å². The standard InChI is InChI=1S/C32H26FN9O4S/c1-47(45,46)40-27-16-24(33)23(15-19(27)17-43)32(44)38-25-8-5-18-14-20(6-7-21(18)25)42-30(22-4-2-11-35-29(22)34)37-26-9-10-28(39-31(26)42)41-13-3-12-36-41/h2-4,6-7,9-17,25,40H,5,8H2,1H3,(H2,34,35)(H,38,44)/t25-/m0/s1. The Hall–Kier alpha value is -5.96. The molecule has 15 heteroatoms. The summed E-state index contributed by atoms with van der Waals surface area (Å²) in [5.74, 6) is -0.240. The van der Waals surface area contributed by atoms with Crippen molar-refractivity contribution in [2.24, 2.45) is 0 Å². The Balaban J connectivity index is 1.24. The van der Waals surface area contributed by atoms with Gasteiger partial charge in [-0.3, -0.25) is 18.9 Å². The first-order valence-electron chi connectivity index (χ1n) is 14.4. The van der Waals surface area contributed by atoms with E-state index in [2.05, 4.69) is 20.1 Å². The second kappa shape index (κ2) is 11.4. The van der Waals surface area contributed by atoms with Crippen molar-refractivity contribution in [1.82, 2.24) is 34.6 Å². The molecule has 4 N–H and O–H groups in total. The van der Waals surface area contributed by atoms with Gasteiger partial charge in [-0.1, -0.05) is 6.07 Å². The monoisotopic (exact) mass is 651 g/mol. The molecule has 6 aromatic rings. The zero-order valence-corrected chi connectivity index (χ0v) is 25.6. The van der Waals surface area contributed by atoms with Gasteiger partial charge in [0.25, 0.3) is 5.91 Å². The topological polar surface area (TPSA) is 180 Å². The number of aldehydes is 1. The molecule has 1 atom stereocenters. The number of amides is 1. The molecule has 13 nitrogen and oxygen atoms in total. The normalized spacial score (nSPS) is 14.2. The molecule has 0 fully saturated rings. The molecule has 0 aliphatic heterocycles. The van der Waals surface area contributed by atoms with Crippen LogP contribution in [0.25, 0.3) is 34.1 Å². The Labute approximate surface area is 267 Å². The van der Waals surface area contributed by atoms with Crippen molar-refractivity contribution < 1.29 is 22.4 Å². The summed E-state index contributed by atoms with van der Waals surface area (Å²) in [5, 5.41) is 7.16. The minimum Gasteiger partial charge on any atom is -0.383 e. The highest BCUT2D eigenvalue weighted by atomic mass is 32.2. The number of aromatic nitrogens is 6. The summed E-state index contributed by atoms with van der Waals surface area (Å²) in [6, 6.07) is 16.3. The molecule has 2 aromatic carbocycles. The van der Waals surface area contributed by atoms with E-state index in [4.69, 9.17) is 15.7 Å². The van der Waals surface area contributed by atoms with E-state index in [0.717, 1.165) is 35.2 Å². The van der Waals surface area contributed by atoms with Gasteiger partial charge < -0.3 is 11.1 Å². The van der Waals surface area contributed by atoms with Gasteiger partial charge in [0.2, 0.25) is 10.0 Å². The number of carbonyl (C=O) groups excluding carboxylic acids is 2. The molecule has 7 rings (SSSR count). The van der Waals surface area contributed by atoms with E-state index in [1.54, 1.807) is 29.3 Å². The van der Waals surface area contributed by atoms with Crippen LogP contribution in [0.2, 0.25) is 0 Å². The number of carbonyl (C=O) groups is 2. The third-order valence-electron chi connectivity index (χ3n) is 7.88.